The van der Waals surface area contributed by atoms with Crippen LogP contribution in [0.2, 0.25) is 0 Å². The van der Waals surface area contributed by atoms with Crippen molar-refractivity contribution in [3.8, 4) is 11.1 Å². The lowest BCUT2D eigenvalue weighted by molar-refractivity contribution is -0.132. The van der Waals surface area contributed by atoms with Crippen LogP contribution in [0.15, 0.2) is 115 Å². The Bertz CT molecular complexity index is 1560. The number of aromatic amines is 1. The Hall–Kier alpha value is -4.64. The predicted octanol–water partition coefficient (Wildman–Crippen LogP) is 6.96. The summed E-state index contributed by atoms with van der Waals surface area (Å²) in [6.45, 7) is 4.99. The molecule has 0 saturated heterocycles. The van der Waals surface area contributed by atoms with Gasteiger partial charge in [-0.15, -0.1) is 0 Å². The first-order valence-corrected chi connectivity index (χ1v) is 13.8. The minimum atomic E-state index is -0.140. The Morgan fingerprint density at radius 2 is 1.38 bits per heavy atom. The van der Waals surface area contributed by atoms with Crippen molar-refractivity contribution in [1.82, 2.24) is 14.8 Å². The Kier molecular flexibility index (Phi) is 8.41. The van der Waals surface area contributed by atoms with Crippen molar-refractivity contribution in [3.05, 3.63) is 132 Å². The van der Waals surface area contributed by atoms with Gasteiger partial charge in [0, 0.05) is 41.8 Å². The highest BCUT2D eigenvalue weighted by molar-refractivity contribution is 5.97. The Balaban J connectivity index is 1.33. The fourth-order valence-corrected chi connectivity index (χ4v) is 5.03. The number of hydrogen-bond donors (Lipinski definition) is 1. The molecule has 2 amide bonds. The summed E-state index contributed by atoms with van der Waals surface area (Å²) in [4.78, 5) is 34.2. The average molecular weight is 530 g/mol. The highest BCUT2D eigenvalue weighted by Crippen LogP contribution is 2.21. The molecule has 4 aromatic carbocycles. The Labute approximate surface area is 236 Å². The molecule has 5 rings (SSSR count). The van der Waals surface area contributed by atoms with Crippen LogP contribution in [-0.2, 0) is 17.8 Å². The summed E-state index contributed by atoms with van der Waals surface area (Å²) in [6, 6.07) is 35.8. The van der Waals surface area contributed by atoms with E-state index in [0.29, 0.717) is 18.7 Å². The molecule has 0 aliphatic heterocycles. The topological polar surface area (TPSA) is 56.4 Å². The van der Waals surface area contributed by atoms with E-state index in [-0.39, 0.29) is 24.4 Å². The van der Waals surface area contributed by atoms with Crippen LogP contribution >= 0.6 is 0 Å². The van der Waals surface area contributed by atoms with E-state index in [1.807, 2.05) is 122 Å². The van der Waals surface area contributed by atoms with Crippen LogP contribution in [0.1, 0.15) is 35.3 Å². The molecule has 0 unspecified atom stereocenters. The molecule has 5 nitrogen and oxygen atoms in total. The van der Waals surface area contributed by atoms with Gasteiger partial charge >= 0.3 is 0 Å². The van der Waals surface area contributed by atoms with Gasteiger partial charge < -0.3 is 14.8 Å². The van der Waals surface area contributed by atoms with Crippen LogP contribution in [0.4, 0.5) is 0 Å². The van der Waals surface area contributed by atoms with Crippen molar-refractivity contribution in [2.24, 2.45) is 0 Å². The van der Waals surface area contributed by atoms with E-state index in [1.165, 1.54) is 10.9 Å². The van der Waals surface area contributed by atoms with Gasteiger partial charge in [-0.1, -0.05) is 91.0 Å². The van der Waals surface area contributed by atoms with E-state index in [0.717, 1.165) is 28.6 Å². The fraction of sp³-hybridized carbons (Fsp3) is 0.200. The first-order valence-electron chi connectivity index (χ1n) is 13.8. The number of carbonyl (C=O) groups excluding carboxylic acids is 2. The third-order valence-electron chi connectivity index (χ3n) is 7.32. The molecule has 0 spiro atoms. The van der Waals surface area contributed by atoms with Gasteiger partial charge in [0.25, 0.3) is 5.91 Å². The molecule has 40 heavy (non-hydrogen) atoms. The number of carbonyl (C=O) groups is 2. The molecule has 202 valence electrons. The number of rotatable bonds is 10. The van der Waals surface area contributed by atoms with Crippen LogP contribution in [-0.4, -0.2) is 45.7 Å². The lowest BCUT2D eigenvalue weighted by Crippen LogP contribution is -2.46. The van der Waals surface area contributed by atoms with Crippen LogP contribution < -0.4 is 0 Å². The minimum absolute atomic E-state index is 0.0255. The van der Waals surface area contributed by atoms with Crippen molar-refractivity contribution < 1.29 is 9.59 Å². The zero-order valence-electron chi connectivity index (χ0n) is 23.1. The summed E-state index contributed by atoms with van der Waals surface area (Å²) in [6.07, 6.45) is 2.75. The van der Waals surface area contributed by atoms with Gasteiger partial charge in [-0.3, -0.25) is 9.59 Å². The summed E-state index contributed by atoms with van der Waals surface area (Å²) < 4.78 is 0. The van der Waals surface area contributed by atoms with E-state index >= 15 is 0 Å². The molecule has 0 bridgehead atoms. The molecule has 1 N–H and O–H groups in total. The van der Waals surface area contributed by atoms with Gasteiger partial charge in [0.15, 0.2) is 0 Å². The number of fused-ring (bicyclic) bond motifs is 1. The summed E-state index contributed by atoms with van der Waals surface area (Å²) in [5, 5.41) is 1.17. The fourth-order valence-electron chi connectivity index (χ4n) is 5.03. The predicted molar refractivity (Wildman–Crippen MR) is 162 cm³/mol. The van der Waals surface area contributed by atoms with Gasteiger partial charge in [-0.25, -0.2) is 0 Å². The summed E-state index contributed by atoms with van der Waals surface area (Å²) >= 11 is 0. The molecule has 0 fully saturated rings. The maximum Gasteiger partial charge on any atom is 0.254 e. The number of nitrogens with zero attached hydrogens (tertiary/aromatic N) is 2. The third kappa shape index (κ3) is 6.32. The zero-order chi connectivity index (χ0) is 27.9. The normalized spacial score (nSPS) is 11.1. The number of benzene rings is 4. The molecular formula is C35H35N3O2. The van der Waals surface area contributed by atoms with Crippen LogP contribution in [0.25, 0.3) is 22.0 Å². The number of amides is 2. The molecule has 0 saturated carbocycles. The molecule has 1 heterocycles. The zero-order valence-corrected chi connectivity index (χ0v) is 23.1. The highest BCUT2D eigenvalue weighted by atomic mass is 16.2. The molecule has 0 atom stereocenters. The van der Waals surface area contributed by atoms with Crippen LogP contribution in [0.5, 0.6) is 0 Å². The van der Waals surface area contributed by atoms with Crippen molar-refractivity contribution in [3.63, 3.8) is 0 Å². The molecule has 1 aromatic heterocycles. The molecule has 0 aliphatic rings. The summed E-state index contributed by atoms with van der Waals surface area (Å²) in [5.41, 5.74) is 6.06. The molecule has 5 aromatic rings. The maximum atomic E-state index is 13.8. The number of hydrogen-bond acceptors (Lipinski definition) is 2. The Morgan fingerprint density at radius 3 is 2.08 bits per heavy atom. The average Bonchev–Trinajstić information content (AvgIpc) is 3.41. The lowest BCUT2D eigenvalue weighted by atomic mass is 10.0. The molecule has 5 heteroatoms. The van der Waals surface area contributed by atoms with Gasteiger partial charge in [0.05, 0.1) is 0 Å². The standard InChI is InChI=1S/C35H35N3O2/c1-26(2)38(35(40)30-19-17-29(18-20-30)28-13-7-4-8-14-28)25-34(39)37(24-27-11-5-3-6-12-27)22-21-31-23-36-33-16-10-9-15-32(31)33/h3-20,23,26,36H,21-22,24-25H2,1-2H3. The van der Waals surface area contributed by atoms with E-state index in [4.69, 9.17) is 0 Å². The minimum Gasteiger partial charge on any atom is -0.361 e. The monoisotopic (exact) mass is 529 g/mol. The first kappa shape index (κ1) is 26.9. The first-order chi connectivity index (χ1) is 19.5. The number of aromatic nitrogens is 1. The Morgan fingerprint density at radius 1 is 0.750 bits per heavy atom. The van der Waals surface area contributed by atoms with Gasteiger partial charge in [-0.2, -0.15) is 0 Å². The van der Waals surface area contributed by atoms with Crippen molar-refractivity contribution in [2.45, 2.75) is 32.9 Å². The smallest absolute Gasteiger partial charge is 0.254 e. The second-order valence-corrected chi connectivity index (χ2v) is 10.4. The summed E-state index contributed by atoms with van der Waals surface area (Å²) in [5.74, 6) is -0.203. The largest absolute Gasteiger partial charge is 0.361 e. The summed E-state index contributed by atoms with van der Waals surface area (Å²) in [7, 11) is 0. The van der Waals surface area contributed by atoms with Crippen molar-refractivity contribution in [1.29, 1.82) is 0 Å². The van der Waals surface area contributed by atoms with Crippen LogP contribution in [0.3, 0.4) is 0 Å². The van der Waals surface area contributed by atoms with E-state index < -0.39 is 0 Å². The van der Waals surface area contributed by atoms with Crippen LogP contribution in [0, 0.1) is 0 Å². The van der Waals surface area contributed by atoms with Gasteiger partial charge in [0.1, 0.15) is 6.54 Å². The number of H-pyrrole nitrogens is 1. The van der Waals surface area contributed by atoms with Gasteiger partial charge in [0.2, 0.25) is 5.91 Å². The SMILES string of the molecule is CC(C)N(CC(=O)N(CCc1c[nH]c2ccccc12)Cc1ccccc1)C(=O)c1ccc(-c2ccccc2)cc1. The van der Waals surface area contributed by atoms with Crippen molar-refractivity contribution in [2.75, 3.05) is 13.1 Å². The second-order valence-electron chi connectivity index (χ2n) is 10.4. The van der Waals surface area contributed by atoms with Crippen molar-refractivity contribution >= 4 is 22.7 Å². The number of nitrogens with one attached hydrogen (secondary N) is 1. The second kappa shape index (κ2) is 12.5. The van der Waals surface area contributed by atoms with Gasteiger partial charge in [-0.05, 0) is 60.7 Å². The highest BCUT2D eigenvalue weighted by Gasteiger charge is 2.25. The maximum absolute atomic E-state index is 13.8. The quantitative estimate of drug-likeness (QED) is 0.213. The number of para-hydroxylation sites is 1. The third-order valence-corrected chi connectivity index (χ3v) is 7.32. The van der Waals surface area contributed by atoms with E-state index in [1.54, 1.807) is 4.90 Å². The molecule has 0 radical (unpaired) electrons. The molecular weight excluding hydrogens is 494 g/mol. The molecule has 0 aliphatic carbocycles. The lowest BCUT2D eigenvalue weighted by Gasteiger charge is -2.30. The van der Waals surface area contributed by atoms with E-state index in [2.05, 4.69) is 17.1 Å². The van der Waals surface area contributed by atoms with E-state index in [9.17, 15) is 9.59 Å².